The van der Waals surface area contributed by atoms with Crippen LogP contribution in [0.3, 0.4) is 0 Å². The number of rotatable bonds is 6. The van der Waals surface area contributed by atoms with E-state index in [0.717, 1.165) is 31.9 Å². The Bertz CT molecular complexity index is 432. The summed E-state index contributed by atoms with van der Waals surface area (Å²) >= 11 is 0. The highest BCUT2D eigenvalue weighted by molar-refractivity contribution is 5.79. The van der Waals surface area contributed by atoms with Crippen LogP contribution in [-0.2, 0) is 6.42 Å². The Labute approximate surface area is 115 Å². The highest BCUT2D eigenvalue weighted by Crippen LogP contribution is 2.10. The summed E-state index contributed by atoms with van der Waals surface area (Å²) in [5.41, 5.74) is 1.20. The van der Waals surface area contributed by atoms with Crippen molar-refractivity contribution in [3.05, 3.63) is 29.8 Å². The van der Waals surface area contributed by atoms with E-state index in [0.29, 0.717) is 12.3 Å². The van der Waals surface area contributed by atoms with E-state index in [4.69, 9.17) is 6.42 Å². The molecule has 19 heavy (non-hydrogen) atoms. The molecule has 0 fully saturated rings. The number of hydrogen-bond donors (Lipinski definition) is 3. The molecule has 4 heteroatoms. The molecule has 0 saturated carbocycles. The van der Waals surface area contributed by atoms with Crippen molar-refractivity contribution >= 4 is 5.96 Å². The van der Waals surface area contributed by atoms with Crippen LogP contribution >= 0.6 is 0 Å². The van der Waals surface area contributed by atoms with Crippen molar-refractivity contribution in [3.8, 4) is 18.1 Å². The van der Waals surface area contributed by atoms with Gasteiger partial charge in [-0.3, -0.25) is 4.99 Å². The van der Waals surface area contributed by atoms with Gasteiger partial charge in [0.2, 0.25) is 0 Å². The Balaban J connectivity index is 2.34. The van der Waals surface area contributed by atoms with Gasteiger partial charge in [-0.15, -0.1) is 6.42 Å². The van der Waals surface area contributed by atoms with E-state index >= 15 is 0 Å². The zero-order chi connectivity index (χ0) is 13.9. The average Bonchev–Trinajstić information content (AvgIpc) is 2.42. The number of terminal acetylenes is 1. The van der Waals surface area contributed by atoms with Gasteiger partial charge in [0, 0.05) is 13.1 Å². The smallest absolute Gasteiger partial charge is 0.192 e. The third-order valence-corrected chi connectivity index (χ3v) is 2.53. The minimum Gasteiger partial charge on any atom is -0.508 e. The number of nitrogens with zero attached hydrogens (tertiary/aromatic N) is 1. The van der Waals surface area contributed by atoms with Crippen LogP contribution in [0.5, 0.6) is 5.75 Å². The van der Waals surface area contributed by atoms with Crippen LogP contribution in [-0.4, -0.2) is 30.7 Å². The molecule has 0 radical (unpaired) electrons. The fourth-order valence-electron chi connectivity index (χ4n) is 1.61. The number of hydrogen-bond acceptors (Lipinski definition) is 2. The molecule has 0 spiro atoms. The van der Waals surface area contributed by atoms with Crippen LogP contribution in [0.1, 0.15) is 18.9 Å². The lowest BCUT2D eigenvalue weighted by Gasteiger charge is -2.08. The second-order valence-corrected chi connectivity index (χ2v) is 4.09. The van der Waals surface area contributed by atoms with E-state index < -0.39 is 0 Å². The molecule has 1 aromatic rings. The van der Waals surface area contributed by atoms with Crippen molar-refractivity contribution in [3.63, 3.8) is 0 Å². The van der Waals surface area contributed by atoms with Gasteiger partial charge in [0.1, 0.15) is 5.75 Å². The molecule has 0 aliphatic heterocycles. The Morgan fingerprint density at radius 3 is 2.68 bits per heavy atom. The number of nitrogens with one attached hydrogen (secondary N) is 2. The highest BCUT2D eigenvalue weighted by Gasteiger charge is 1.96. The van der Waals surface area contributed by atoms with E-state index in [2.05, 4.69) is 21.5 Å². The molecule has 0 atom stereocenters. The fourth-order valence-corrected chi connectivity index (χ4v) is 1.61. The summed E-state index contributed by atoms with van der Waals surface area (Å²) in [6.45, 7) is 4.04. The van der Waals surface area contributed by atoms with Gasteiger partial charge in [0.15, 0.2) is 5.96 Å². The number of guanidine groups is 1. The van der Waals surface area contributed by atoms with Gasteiger partial charge in [-0.2, -0.15) is 0 Å². The zero-order valence-corrected chi connectivity index (χ0v) is 11.3. The largest absolute Gasteiger partial charge is 0.508 e. The maximum absolute atomic E-state index is 9.19. The molecule has 0 amide bonds. The Kier molecular flexibility index (Phi) is 6.96. The minimum absolute atomic E-state index is 0.301. The summed E-state index contributed by atoms with van der Waals surface area (Å²) < 4.78 is 0. The molecule has 0 aromatic heterocycles. The second-order valence-electron chi connectivity index (χ2n) is 4.09. The van der Waals surface area contributed by atoms with Gasteiger partial charge >= 0.3 is 0 Å². The van der Waals surface area contributed by atoms with Crippen molar-refractivity contribution in [1.82, 2.24) is 10.6 Å². The van der Waals surface area contributed by atoms with E-state index in [-0.39, 0.29) is 0 Å². The van der Waals surface area contributed by atoms with Crippen molar-refractivity contribution < 1.29 is 5.11 Å². The fraction of sp³-hybridized carbons (Fsp3) is 0.400. The summed E-state index contributed by atoms with van der Waals surface area (Å²) in [5.74, 6) is 3.58. The molecule has 0 saturated heterocycles. The molecule has 4 nitrogen and oxygen atoms in total. The van der Waals surface area contributed by atoms with Gasteiger partial charge < -0.3 is 15.7 Å². The maximum atomic E-state index is 9.19. The summed E-state index contributed by atoms with van der Waals surface area (Å²) in [6, 6.07) is 7.27. The summed E-state index contributed by atoms with van der Waals surface area (Å²) in [5, 5.41) is 15.4. The molecule has 3 N–H and O–H groups in total. The molecule has 0 bridgehead atoms. The number of benzene rings is 1. The van der Waals surface area contributed by atoms with Crippen LogP contribution in [0.2, 0.25) is 0 Å². The molecule has 0 aliphatic rings. The van der Waals surface area contributed by atoms with Crippen molar-refractivity contribution in [1.29, 1.82) is 0 Å². The van der Waals surface area contributed by atoms with Crippen LogP contribution in [0, 0.1) is 12.3 Å². The van der Waals surface area contributed by atoms with Crippen LogP contribution in [0.15, 0.2) is 29.3 Å². The van der Waals surface area contributed by atoms with Gasteiger partial charge in [-0.1, -0.05) is 18.1 Å². The molecular weight excluding hydrogens is 238 g/mol. The van der Waals surface area contributed by atoms with Crippen molar-refractivity contribution in [2.24, 2.45) is 4.99 Å². The summed E-state index contributed by atoms with van der Waals surface area (Å²) in [7, 11) is 0. The highest BCUT2D eigenvalue weighted by atomic mass is 16.3. The molecule has 0 heterocycles. The Morgan fingerprint density at radius 1 is 1.32 bits per heavy atom. The first-order valence-electron chi connectivity index (χ1n) is 6.49. The van der Waals surface area contributed by atoms with Crippen LogP contribution in [0.25, 0.3) is 0 Å². The molecule has 0 unspecified atom stereocenters. The number of aryl methyl sites for hydroxylation is 1. The topological polar surface area (TPSA) is 56.7 Å². The SMILES string of the molecule is C#CCNC(=NCCCc1ccc(O)cc1)NCC. The number of aromatic hydroxyl groups is 1. The minimum atomic E-state index is 0.301. The van der Waals surface area contributed by atoms with Crippen molar-refractivity contribution in [2.75, 3.05) is 19.6 Å². The van der Waals surface area contributed by atoms with Crippen LogP contribution in [0.4, 0.5) is 0 Å². The quantitative estimate of drug-likeness (QED) is 0.314. The summed E-state index contributed by atoms with van der Waals surface area (Å²) in [4.78, 5) is 4.43. The zero-order valence-electron chi connectivity index (χ0n) is 11.3. The first-order chi connectivity index (χ1) is 9.26. The van der Waals surface area contributed by atoms with E-state index in [1.165, 1.54) is 5.56 Å². The predicted octanol–water partition coefficient (Wildman–Crippen LogP) is 1.51. The molecular formula is C15H21N3O. The average molecular weight is 259 g/mol. The van der Waals surface area contributed by atoms with E-state index in [1.54, 1.807) is 12.1 Å². The number of phenols is 1. The second kappa shape index (κ2) is 8.87. The number of phenolic OH excluding ortho intramolecular Hbond substituents is 1. The molecule has 1 aromatic carbocycles. The van der Waals surface area contributed by atoms with Crippen LogP contribution < -0.4 is 10.6 Å². The van der Waals surface area contributed by atoms with Gasteiger partial charge in [0.05, 0.1) is 6.54 Å². The van der Waals surface area contributed by atoms with Gasteiger partial charge in [0.25, 0.3) is 0 Å². The first kappa shape index (κ1) is 14.9. The van der Waals surface area contributed by atoms with E-state index in [9.17, 15) is 5.11 Å². The Hall–Kier alpha value is -2.15. The first-order valence-corrected chi connectivity index (χ1v) is 6.49. The van der Waals surface area contributed by atoms with E-state index in [1.807, 2.05) is 19.1 Å². The summed E-state index contributed by atoms with van der Waals surface area (Å²) in [6.07, 6.45) is 7.10. The molecule has 102 valence electrons. The lowest BCUT2D eigenvalue weighted by molar-refractivity contribution is 0.475. The lowest BCUT2D eigenvalue weighted by Crippen LogP contribution is -2.37. The Morgan fingerprint density at radius 2 is 2.05 bits per heavy atom. The molecule has 1 rings (SSSR count). The standard InChI is InChI=1S/C15H21N3O/c1-3-11-17-15(16-4-2)18-12-5-6-13-7-9-14(19)10-8-13/h1,7-10,19H,4-6,11-12H2,2H3,(H2,16,17,18). The number of aliphatic imine (C=N–C) groups is 1. The van der Waals surface area contributed by atoms with Gasteiger partial charge in [-0.05, 0) is 37.5 Å². The predicted molar refractivity (Wildman–Crippen MR) is 79.2 cm³/mol. The van der Waals surface area contributed by atoms with Crippen molar-refractivity contribution in [2.45, 2.75) is 19.8 Å². The maximum Gasteiger partial charge on any atom is 0.192 e. The lowest BCUT2D eigenvalue weighted by atomic mass is 10.1. The third kappa shape index (κ3) is 6.37. The van der Waals surface area contributed by atoms with Gasteiger partial charge in [-0.25, -0.2) is 0 Å². The monoisotopic (exact) mass is 259 g/mol. The molecule has 0 aliphatic carbocycles. The normalized spacial score (nSPS) is 10.8. The third-order valence-electron chi connectivity index (χ3n) is 2.53.